The van der Waals surface area contributed by atoms with E-state index in [2.05, 4.69) is 18.9 Å². The Morgan fingerprint density at radius 3 is 2.86 bits per heavy atom. The summed E-state index contributed by atoms with van der Waals surface area (Å²) in [5.74, 6) is 5.11. The quantitative estimate of drug-likeness (QED) is 0.697. The average molecular weight is 296 g/mol. The van der Waals surface area contributed by atoms with Crippen LogP contribution in [0, 0.1) is 41.4 Å². The molecule has 22 heavy (non-hydrogen) atoms. The monoisotopic (exact) mass is 296 g/mol. The molecule has 0 aromatic carbocycles. The Hall–Kier alpha value is -1.33. The lowest BCUT2D eigenvalue weighted by Gasteiger charge is -2.54. The lowest BCUT2D eigenvalue weighted by Crippen LogP contribution is -2.51. The van der Waals surface area contributed by atoms with E-state index in [1.54, 1.807) is 6.08 Å². The second-order valence-electron chi connectivity index (χ2n) is 7.98. The van der Waals surface area contributed by atoms with Crippen molar-refractivity contribution in [1.29, 1.82) is 0 Å². The molecule has 4 aliphatic carbocycles. The van der Waals surface area contributed by atoms with Gasteiger partial charge in [-0.05, 0) is 68.4 Å². The summed E-state index contributed by atoms with van der Waals surface area (Å²) in [4.78, 5) is 11.6. The summed E-state index contributed by atoms with van der Waals surface area (Å²) in [5.41, 5.74) is 0.290. The zero-order valence-electron chi connectivity index (χ0n) is 13.2. The van der Waals surface area contributed by atoms with Crippen LogP contribution >= 0.6 is 0 Å². The highest BCUT2D eigenvalue weighted by molar-refractivity contribution is 6.00. The molecule has 0 saturated heterocycles. The summed E-state index contributed by atoms with van der Waals surface area (Å²) in [5, 5.41) is 10.9. The molecular formula is C20H24O2. The van der Waals surface area contributed by atoms with Crippen LogP contribution in [0.15, 0.2) is 23.8 Å². The van der Waals surface area contributed by atoms with Crippen LogP contribution < -0.4 is 0 Å². The van der Waals surface area contributed by atoms with Crippen molar-refractivity contribution in [3.8, 4) is 12.3 Å². The number of aliphatic hydroxyl groups is 1. The van der Waals surface area contributed by atoms with Gasteiger partial charge in [0.05, 0.1) is 0 Å². The van der Waals surface area contributed by atoms with Gasteiger partial charge in [-0.2, -0.15) is 0 Å². The predicted molar refractivity (Wildman–Crippen MR) is 85.8 cm³/mol. The number of carbonyl (C=O) groups excluding carboxylic acids is 1. The fraction of sp³-hybridized carbons (Fsp3) is 0.650. The van der Waals surface area contributed by atoms with Gasteiger partial charge in [0.15, 0.2) is 5.78 Å². The smallest absolute Gasteiger partial charge is 0.178 e. The van der Waals surface area contributed by atoms with Gasteiger partial charge in [0.25, 0.3) is 0 Å². The average Bonchev–Trinajstić information content (AvgIpc) is 2.79. The van der Waals surface area contributed by atoms with Crippen molar-refractivity contribution in [3.63, 3.8) is 0 Å². The molecule has 3 fully saturated rings. The Bertz CT molecular complexity index is 622. The summed E-state index contributed by atoms with van der Waals surface area (Å²) in [6.45, 7) is 2.21. The van der Waals surface area contributed by atoms with E-state index in [4.69, 9.17) is 6.42 Å². The number of hydrogen-bond donors (Lipinski definition) is 1. The molecule has 2 nitrogen and oxygen atoms in total. The van der Waals surface area contributed by atoms with Gasteiger partial charge in [0.2, 0.25) is 0 Å². The van der Waals surface area contributed by atoms with E-state index in [-0.39, 0.29) is 11.2 Å². The highest BCUT2D eigenvalue weighted by atomic mass is 16.3. The van der Waals surface area contributed by atoms with Crippen molar-refractivity contribution in [2.24, 2.45) is 29.1 Å². The van der Waals surface area contributed by atoms with Crippen LogP contribution in [-0.4, -0.2) is 16.5 Å². The minimum Gasteiger partial charge on any atom is -0.377 e. The molecule has 4 rings (SSSR count). The van der Waals surface area contributed by atoms with Crippen molar-refractivity contribution in [1.82, 2.24) is 0 Å². The Labute approximate surface area is 132 Å². The number of hydrogen-bond acceptors (Lipinski definition) is 2. The molecule has 0 heterocycles. The molecule has 116 valence electrons. The fourth-order valence-electron chi connectivity index (χ4n) is 6.07. The third-order valence-electron chi connectivity index (χ3n) is 7.33. The standard InChI is InChI=1S/C20H24O2/c1-3-20(22)11-9-18-17-6-4-13-12-14(21)5-7-15(13)16(17)8-10-19(18,20)2/h1,5,7,12,15-18,22H,4,6,8-11H2,2H3/t15?,16-,17-,18+,19+,20+/m1/s1. The molecule has 1 N–H and O–H groups in total. The van der Waals surface area contributed by atoms with Crippen LogP contribution in [0.5, 0.6) is 0 Å². The molecule has 0 aromatic heterocycles. The van der Waals surface area contributed by atoms with Crippen molar-refractivity contribution in [2.75, 3.05) is 0 Å². The number of ketones is 1. The van der Waals surface area contributed by atoms with Gasteiger partial charge in [-0.25, -0.2) is 0 Å². The minimum atomic E-state index is -0.920. The third-order valence-corrected chi connectivity index (χ3v) is 7.33. The largest absolute Gasteiger partial charge is 0.377 e. The zero-order valence-corrected chi connectivity index (χ0v) is 13.2. The normalized spacial score (nSPS) is 49.7. The van der Waals surface area contributed by atoms with Crippen LogP contribution in [0.1, 0.15) is 45.4 Å². The van der Waals surface area contributed by atoms with Crippen LogP contribution in [-0.2, 0) is 4.79 Å². The topological polar surface area (TPSA) is 37.3 Å². The van der Waals surface area contributed by atoms with Gasteiger partial charge in [-0.3, -0.25) is 4.79 Å². The lowest BCUT2D eigenvalue weighted by molar-refractivity contribution is -0.110. The number of rotatable bonds is 0. The summed E-state index contributed by atoms with van der Waals surface area (Å²) in [6.07, 6.45) is 17.5. The predicted octanol–water partition coefficient (Wildman–Crippen LogP) is 3.27. The minimum absolute atomic E-state index is 0.127. The van der Waals surface area contributed by atoms with Crippen LogP contribution in [0.25, 0.3) is 0 Å². The van der Waals surface area contributed by atoms with Gasteiger partial charge < -0.3 is 5.11 Å². The highest BCUT2D eigenvalue weighted by Crippen LogP contribution is 2.64. The first-order valence-electron chi connectivity index (χ1n) is 8.61. The van der Waals surface area contributed by atoms with Crippen LogP contribution in [0.4, 0.5) is 0 Å². The molecular weight excluding hydrogens is 272 g/mol. The maximum absolute atomic E-state index is 11.6. The molecule has 1 unspecified atom stereocenters. The Kier molecular flexibility index (Phi) is 2.97. The Morgan fingerprint density at radius 2 is 2.09 bits per heavy atom. The van der Waals surface area contributed by atoms with E-state index in [0.717, 1.165) is 38.5 Å². The molecule has 0 aliphatic heterocycles. The molecule has 0 spiro atoms. The number of fused-ring (bicyclic) bond motifs is 5. The second kappa shape index (κ2) is 4.59. The molecule has 0 bridgehead atoms. The van der Waals surface area contributed by atoms with Crippen LogP contribution in [0.3, 0.4) is 0 Å². The Morgan fingerprint density at radius 1 is 1.27 bits per heavy atom. The van der Waals surface area contributed by atoms with Crippen molar-refractivity contribution < 1.29 is 9.90 Å². The number of terminal acetylenes is 1. The SMILES string of the molecule is C#C[C@]1(O)CC[C@H]2[C@@H]3CCC4=CC(=O)C=CC4[C@H]3CC[C@@]21C. The van der Waals surface area contributed by atoms with Gasteiger partial charge >= 0.3 is 0 Å². The van der Waals surface area contributed by atoms with E-state index in [1.807, 2.05) is 6.08 Å². The highest BCUT2D eigenvalue weighted by Gasteiger charge is 2.61. The number of carbonyl (C=O) groups is 1. The first-order chi connectivity index (χ1) is 10.5. The lowest BCUT2D eigenvalue weighted by atomic mass is 9.51. The number of allylic oxidation sites excluding steroid dienone is 4. The molecule has 0 aromatic rings. The molecule has 2 heteroatoms. The Balaban J connectivity index is 1.67. The molecule has 6 atom stereocenters. The zero-order chi connectivity index (χ0) is 15.5. The van der Waals surface area contributed by atoms with Crippen LogP contribution in [0.2, 0.25) is 0 Å². The van der Waals surface area contributed by atoms with E-state index >= 15 is 0 Å². The second-order valence-corrected chi connectivity index (χ2v) is 7.98. The van der Waals surface area contributed by atoms with E-state index in [0.29, 0.717) is 23.7 Å². The first kappa shape index (κ1) is 14.3. The van der Waals surface area contributed by atoms with Gasteiger partial charge in [0.1, 0.15) is 5.60 Å². The summed E-state index contributed by atoms with van der Waals surface area (Å²) in [7, 11) is 0. The van der Waals surface area contributed by atoms with E-state index in [1.165, 1.54) is 5.57 Å². The summed E-state index contributed by atoms with van der Waals surface area (Å²) >= 11 is 0. The van der Waals surface area contributed by atoms with E-state index in [9.17, 15) is 9.90 Å². The molecule has 0 amide bonds. The van der Waals surface area contributed by atoms with E-state index < -0.39 is 5.60 Å². The van der Waals surface area contributed by atoms with Crippen molar-refractivity contribution in [3.05, 3.63) is 23.8 Å². The molecule has 3 saturated carbocycles. The molecule has 0 radical (unpaired) electrons. The van der Waals surface area contributed by atoms with Gasteiger partial charge in [-0.1, -0.05) is 24.5 Å². The van der Waals surface area contributed by atoms with Crippen molar-refractivity contribution >= 4 is 5.78 Å². The van der Waals surface area contributed by atoms with Gasteiger partial charge in [0, 0.05) is 11.3 Å². The molecule has 4 aliphatic rings. The first-order valence-corrected chi connectivity index (χ1v) is 8.61. The summed E-state index contributed by atoms with van der Waals surface area (Å²) in [6, 6.07) is 0. The van der Waals surface area contributed by atoms with Crippen molar-refractivity contribution in [2.45, 2.75) is 51.0 Å². The fourth-order valence-corrected chi connectivity index (χ4v) is 6.07. The summed E-state index contributed by atoms with van der Waals surface area (Å²) < 4.78 is 0. The van der Waals surface area contributed by atoms with Gasteiger partial charge in [-0.15, -0.1) is 6.42 Å². The maximum atomic E-state index is 11.6. The third kappa shape index (κ3) is 1.69. The maximum Gasteiger partial charge on any atom is 0.178 e.